The number of nitrogens with zero attached hydrogens (tertiary/aromatic N) is 4. The number of hydrogen-bond donors (Lipinski definition) is 1. The smallest absolute Gasteiger partial charge is 0.178 e. The Kier molecular flexibility index (Phi) is 5.65. The lowest BCUT2D eigenvalue weighted by Gasteiger charge is -2.28. The molecular formula is C22H25Cl2N5. The van der Waals surface area contributed by atoms with Gasteiger partial charge >= 0.3 is 0 Å². The summed E-state index contributed by atoms with van der Waals surface area (Å²) in [6, 6.07) is 5.97. The van der Waals surface area contributed by atoms with E-state index in [1.54, 1.807) is 6.07 Å². The minimum absolute atomic E-state index is 0.0894. The molecule has 0 amide bonds. The molecule has 152 valence electrons. The number of nitrogens with one attached hydrogen (secondary N) is 1. The highest BCUT2D eigenvalue weighted by molar-refractivity contribution is 6.35. The molecule has 0 unspecified atom stereocenters. The average Bonchev–Trinajstić information content (AvgIpc) is 3.03. The van der Waals surface area contributed by atoms with Crippen LogP contribution < -0.4 is 5.32 Å². The van der Waals surface area contributed by atoms with Crippen molar-refractivity contribution in [2.45, 2.75) is 45.7 Å². The predicted octanol–water partition coefficient (Wildman–Crippen LogP) is 5.45. The Bertz CT molecular complexity index is 1090. The standard InChI is InChI=1S/C22H25Cl2N5/c1-12-9-15(5-8-19(12)25-4)20-11-26-21-13(2)28-29(22(21)27-20)14(3)17-7-6-16(23)10-18(17)24/h5-7,10-12,14,19,25H,8-9H2,1-4H3/t12-,14-,19+/m1/s1. The van der Waals surface area contributed by atoms with E-state index < -0.39 is 0 Å². The fourth-order valence-electron chi connectivity index (χ4n) is 4.13. The fraction of sp³-hybridized carbons (Fsp3) is 0.409. The van der Waals surface area contributed by atoms with Crippen LogP contribution in [0.4, 0.5) is 0 Å². The Labute approximate surface area is 181 Å². The number of fused-ring (bicyclic) bond motifs is 1. The number of aryl methyl sites for hydroxylation is 1. The molecule has 2 aromatic heterocycles. The predicted molar refractivity (Wildman–Crippen MR) is 120 cm³/mol. The van der Waals surface area contributed by atoms with Gasteiger partial charge in [-0.1, -0.05) is 42.3 Å². The molecular weight excluding hydrogens is 405 g/mol. The molecule has 3 atom stereocenters. The molecule has 0 radical (unpaired) electrons. The maximum Gasteiger partial charge on any atom is 0.178 e. The van der Waals surface area contributed by atoms with Gasteiger partial charge in [0, 0.05) is 16.1 Å². The Morgan fingerprint density at radius 3 is 2.76 bits per heavy atom. The van der Waals surface area contributed by atoms with Crippen LogP contribution in [0.5, 0.6) is 0 Å². The first kappa shape index (κ1) is 20.3. The summed E-state index contributed by atoms with van der Waals surface area (Å²) in [5.41, 5.74) is 5.59. The van der Waals surface area contributed by atoms with E-state index in [1.807, 2.05) is 37.0 Å². The third kappa shape index (κ3) is 3.79. The molecule has 0 saturated heterocycles. The second kappa shape index (κ2) is 8.05. The van der Waals surface area contributed by atoms with Gasteiger partial charge in [0.25, 0.3) is 0 Å². The van der Waals surface area contributed by atoms with E-state index in [1.165, 1.54) is 5.57 Å². The topological polar surface area (TPSA) is 55.6 Å². The molecule has 0 bridgehead atoms. The Morgan fingerprint density at radius 1 is 1.28 bits per heavy atom. The summed E-state index contributed by atoms with van der Waals surface area (Å²) in [6.45, 7) is 6.30. The highest BCUT2D eigenvalue weighted by Crippen LogP contribution is 2.33. The van der Waals surface area contributed by atoms with E-state index in [0.29, 0.717) is 22.0 Å². The van der Waals surface area contributed by atoms with Crippen LogP contribution in [0.2, 0.25) is 10.0 Å². The molecule has 0 fully saturated rings. The van der Waals surface area contributed by atoms with Crippen molar-refractivity contribution < 1.29 is 0 Å². The summed E-state index contributed by atoms with van der Waals surface area (Å²) in [4.78, 5) is 9.68. The van der Waals surface area contributed by atoms with Gasteiger partial charge in [-0.15, -0.1) is 0 Å². The Hall–Kier alpha value is -1.95. The van der Waals surface area contributed by atoms with Crippen LogP contribution in [0.3, 0.4) is 0 Å². The highest BCUT2D eigenvalue weighted by Gasteiger charge is 2.24. The molecule has 1 N–H and O–H groups in total. The van der Waals surface area contributed by atoms with Crippen LogP contribution >= 0.6 is 23.2 Å². The summed E-state index contributed by atoms with van der Waals surface area (Å²) >= 11 is 12.5. The van der Waals surface area contributed by atoms with E-state index in [0.717, 1.165) is 41.0 Å². The first-order chi connectivity index (χ1) is 13.9. The van der Waals surface area contributed by atoms with E-state index in [-0.39, 0.29) is 6.04 Å². The van der Waals surface area contributed by atoms with Gasteiger partial charge in [0.05, 0.1) is 23.6 Å². The molecule has 0 saturated carbocycles. The van der Waals surface area contributed by atoms with E-state index in [4.69, 9.17) is 38.3 Å². The van der Waals surface area contributed by atoms with Gasteiger partial charge < -0.3 is 5.32 Å². The van der Waals surface area contributed by atoms with Crippen LogP contribution in [-0.2, 0) is 0 Å². The lowest BCUT2D eigenvalue weighted by atomic mass is 9.85. The van der Waals surface area contributed by atoms with Gasteiger partial charge in [-0.3, -0.25) is 0 Å². The number of halogens is 2. The Balaban J connectivity index is 1.76. The van der Waals surface area contributed by atoms with Crippen molar-refractivity contribution in [3.8, 4) is 0 Å². The summed E-state index contributed by atoms with van der Waals surface area (Å²) in [6.07, 6.45) is 6.14. The zero-order chi connectivity index (χ0) is 20.7. The first-order valence-electron chi connectivity index (χ1n) is 9.92. The number of hydrogen-bond acceptors (Lipinski definition) is 4. The van der Waals surface area contributed by atoms with E-state index in [9.17, 15) is 0 Å². The van der Waals surface area contributed by atoms with Crippen molar-refractivity contribution in [3.63, 3.8) is 0 Å². The summed E-state index contributed by atoms with van der Waals surface area (Å²) < 4.78 is 1.92. The third-order valence-corrected chi connectivity index (χ3v) is 6.46. The van der Waals surface area contributed by atoms with Crippen LogP contribution in [-0.4, -0.2) is 32.8 Å². The highest BCUT2D eigenvalue weighted by atomic mass is 35.5. The maximum absolute atomic E-state index is 6.45. The molecule has 1 aliphatic carbocycles. The van der Waals surface area contributed by atoms with Gasteiger partial charge in [0.1, 0.15) is 5.52 Å². The van der Waals surface area contributed by atoms with Crippen molar-refractivity contribution in [1.82, 2.24) is 25.1 Å². The van der Waals surface area contributed by atoms with E-state index >= 15 is 0 Å². The Morgan fingerprint density at radius 2 is 2.07 bits per heavy atom. The second-order valence-corrected chi connectivity index (χ2v) is 8.68. The minimum atomic E-state index is -0.0894. The van der Waals surface area contributed by atoms with E-state index in [2.05, 4.69) is 25.2 Å². The maximum atomic E-state index is 6.45. The van der Waals surface area contributed by atoms with Crippen molar-refractivity contribution in [1.29, 1.82) is 0 Å². The lowest BCUT2D eigenvalue weighted by molar-refractivity contribution is 0.396. The van der Waals surface area contributed by atoms with Gasteiger partial charge in [0.2, 0.25) is 0 Å². The number of aromatic nitrogens is 4. The van der Waals surface area contributed by atoms with Crippen molar-refractivity contribution in [3.05, 3.63) is 57.5 Å². The minimum Gasteiger partial charge on any atom is -0.316 e. The van der Waals surface area contributed by atoms with Gasteiger partial charge in [0.15, 0.2) is 5.65 Å². The van der Waals surface area contributed by atoms with Gasteiger partial charge in [-0.25, -0.2) is 14.6 Å². The zero-order valence-electron chi connectivity index (χ0n) is 17.1. The lowest BCUT2D eigenvalue weighted by Crippen LogP contribution is -2.33. The second-order valence-electron chi connectivity index (χ2n) is 7.84. The molecule has 7 heteroatoms. The SMILES string of the molecule is CN[C@H]1CC=C(c2cnc3c(C)nn([C@H](C)c4ccc(Cl)cc4Cl)c3n2)C[C@H]1C. The summed E-state index contributed by atoms with van der Waals surface area (Å²) in [5.74, 6) is 0.552. The molecule has 5 nitrogen and oxygen atoms in total. The molecule has 1 aromatic carbocycles. The monoisotopic (exact) mass is 429 g/mol. The normalized spacial score (nSPS) is 20.7. The first-order valence-corrected chi connectivity index (χ1v) is 10.7. The van der Waals surface area contributed by atoms with Crippen LogP contribution in [0.1, 0.15) is 49.7 Å². The zero-order valence-corrected chi connectivity index (χ0v) is 18.6. The van der Waals surface area contributed by atoms with Crippen LogP contribution in [0.25, 0.3) is 16.7 Å². The summed E-state index contributed by atoms with van der Waals surface area (Å²) in [7, 11) is 2.02. The average molecular weight is 430 g/mol. The van der Waals surface area contributed by atoms with Gasteiger partial charge in [-0.05, 0) is 62.9 Å². The quantitative estimate of drug-likeness (QED) is 0.598. The molecule has 29 heavy (non-hydrogen) atoms. The molecule has 0 spiro atoms. The summed E-state index contributed by atoms with van der Waals surface area (Å²) in [5, 5.41) is 9.36. The van der Waals surface area contributed by atoms with Crippen LogP contribution in [0, 0.1) is 12.8 Å². The fourth-order valence-corrected chi connectivity index (χ4v) is 4.70. The molecule has 1 aliphatic rings. The molecule has 3 aromatic rings. The number of rotatable bonds is 4. The third-order valence-electron chi connectivity index (χ3n) is 5.90. The number of allylic oxidation sites excluding steroid dienone is 1. The van der Waals surface area contributed by atoms with Gasteiger partial charge in [-0.2, -0.15) is 5.10 Å². The van der Waals surface area contributed by atoms with Crippen LogP contribution in [0.15, 0.2) is 30.5 Å². The molecule has 0 aliphatic heterocycles. The molecule has 2 heterocycles. The molecule has 4 rings (SSSR count). The van der Waals surface area contributed by atoms with Crippen molar-refractivity contribution in [2.24, 2.45) is 5.92 Å². The number of benzene rings is 1. The van der Waals surface area contributed by atoms with Crippen molar-refractivity contribution in [2.75, 3.05) is 7.05 Å². The largest absolute Gasteiger partial charge is 0.316 e. The van der Waals surface area contributed by atoms with Crippen molar-refractivity contribution >= 4 is 39.9 Å².